The van der Waals surface area contributed by atoms with Gasteiger partial charge in [0.25, 0.3) is 0 Å². The van der Waals surface area contributed by atoms with Crippen molar-refractivity contribution in [1.82, 2.24) is 9.97 Å². The summed E-state index contributed by atoms with van der Waals surface area (Å²) in [5, 5.41) is 2.68. The third-order valence-corrected chi connectivity index (χ3v) is 4.02. The van der Waals surface area contributed by atoms with Crippen molar-refractivity contribution in [1.29, 1.82) is 0 Å². The van der Waals surface area contributed by atoms with Gasteiger partial charge >= 0.3 is 0 Å². The van der Waals surface area contributed by atoms with Crippen LogP contribution in [0.15, 0.2) is 54.7 Å². The highest BCUT2D eigenvalue weighted by atomic mass is 19.2. The van der Waals surface area contributed by atoms with Crippen LogP contribution in [0, 0.1) is 17.5 Å². The molecule has 1 heterocycles. The van der Waals surface area contributed by atoms with Crippen molar-refractivity contribution in [3.8, 4) is 0 Å². The van der Waals surface area contributed by atoms with Crippen LogP contribution in [0.25, 0.3) is 0 Å². The van der Waals surface area contributed by atoms with Crippen LogP contribution in [0.1, 0.15) is 19.4 Å². The fraction of sp³-hybridized carbons (Fsp3) is 0.200. The van der Waals surface area contributed by atoms with E-state index in [9.17, 15) is 13.2 Å². The Kier molecular flexibility index (Phi) is 5.59. The average molecular weight is 372 g/mol. The van der Waals surface area contributed by atoms with Gasteiger partial charge in [-0.3, -0.25) is 0 Å². The average Bonchev–Trinajstić information content (AvgIpc) is 2.67. The summed E-state index contributed by atoms with van der Waals surface area (Å²) in [7, 11) is 0. The maximum Gasteiger partial charge on any atom is 0.227 e. The molecule has 7 heteroatoms. The topological polar surface area (TPSA) is 41.1 Å². The van der Waals surface area contributed by atoms with E-state index >= 15 is 0 Å². The monoisotopic (exact) mass is 372 g/mol. The zero-order valence-electron chi connectivity index (χ0n) is 15.0. The first-order chi connectivity index (χ1) is 13.0. The Morgan fingerprint density at radius 1 is 0.963 bits per heavy atom. The summed E-state index contributed by atoms with van der Waals surface area (Å²) in [6.07, 6.45) is 1.53. The smallest absolute Gasteiger partial charge is 0.227 e. The minimum atomic E-state index is -1.53. The molecule has 1 N–H and O–H groups in total. The van der Waals surface area contributed by atoms with Crippen molar-refractivity contribution in [3.63, 3.8) is 0 Å². The highest BCUT2D eigenvalue weighted by molar-refractivity contribution is 5.58. The minimum Gasteiger partial charge on any atom is -0.338 e. The zero-order chi connectivity index (χ0) is 19.4. The normalized spacial score (nSPS) is 10.9. The van der Waals surface area contributed by atoms with Crippen molar-refractivity contribution in [2.45, 2.75) is 26.4 Å². The number of hydrogen-bond acceptors (Lipinski definition) is 4. The summed E-state index contributed by atoms with van der Waals surface area (Å²) < 4.78 is 40.4. The second-order valence-electron chi connectivity index (χ2n) is 6.30. The van der Waals surface area contributed by atoms with E-state index in [0.717, 1.165) is 17.7 Å². The molecule has 0 unspecified atom stereocenters. The third-order valence-electron chi connectivity index (χ3n) is 4.02. The molecular formula is C20H19F3N4. The van der Waals surface area contributed by atoms with Gasteiger partial charge in [0.15, 0.2) is 17.5 Å². The van der Waals surface area contributed by atoms with E-state index < -0.39 is 17.5 Å². The second kappa shape index (κ2) is 8.07. The molecule has 27 heavy (non-hydrogen) atoms. The van der Waals surface area contributed by atoms with Gasteiger partial charge in [-0.1, -0.05) is 30.3 Å². The summed E-state index contributed by atoms with van der Waals surface area (Å²) in [4.78, 5) is 10.7. The van der Waals surface area contributed by atoms with E-state index in [1.807, 2.05) is 49.1 Å². The molecule has 0 aliphatic heterocycles. The number of nitrogens with zero attached hydrogens (tertiary/aromatic N) is 3. The predicted molar refractivity (Wildman–Crippen MR) is 99.4 cm³/mol. The lowest BCUT2D eigenvalue weighted by Crippen LogP contribution is -2.31. The molecule has 0 atom stereocenters. The number of anilines is 3. The second-order valence-corrected chi connectivity index (χ2v) is 6.30. The lowest BCUT2D eigenvalue weighted by atomic mass is 10.2. The summed E-state index contributed by atoms with van der Waals surface area (Å²) in [5.41, 5.74) is 0.900. The summed E-state index contributed by atoms with van der Waals surface area (Å²) in [6.45, 7) is 4.63. The molecule has 0 saturated carbocycles. The lowest BCUT2D eigenvalue weighted by Gasteiger charge is -2.27. The first kappa shape index (κ1) is 18.7. The molecule has 3 aromatic rings. The first-order valence-corrected chi connectivity index (χ1v) is 8.50. The Labute approximate surface area is 155 Å². The summed E-state index contributed by atoms with van der Waals surface area (Å²) in [5.74, 6) is -3.33. The van der Waals surface area contributed by atoms with Crippen LogP contribution in [0.5, 0.6) is 0 Å². The molecule has 140 valence electrons. The van der Waals surface area contributed by atoms with Gasteiger partial charge in [0.1, 0.15) is 5.82 Å². The predicted octanol–water partition coefficient (Wildman–Crippen LogP) is 5.05. The van der Waals surface area contributed by atoms with E-state index in [1.54, 1.807) is 0 Å². The summed E-state index contributed by atoms with van der Waals surface area (Å²) in [6, 6.07) is 13.5. The Morgan fingerprint density at radius 2 is 1.70 bits per heavy atom. The molecule has 4 nitrogen and oxygen atoms in total. The van der Waals surface area contributed by atoms with E-state index in [4.69, 9.17) is 0 Å². The Morgan fingerprint density at radius 3 is 2.41 bits per heavy atom. The number of halogens is 3. The van der Waals surface area contributed by atoms with Crippen LogP contribution >= 0.6 is 0 Å². The third kappa shape index (κ3) is 4.36. The molecule has 0 aliphatic rings. The van der Waals surface area contributed by atoms with E-state index in [1.165, 1.54) is 12.3 Å². The number of hydrogen-bond donors (Lipinski definition) is 1. The standard InChI is InChI=1S/C20H19F3N4/c1-13(2)27(12-14-6-4-3-5-7-14)20-24-11-10-17(26-20)25-16-9-8-15(21)18(22)19(16)23/h3-11,13H,12H2,1-2H3,(H,24,25,26). The molecular weight excluding hydrogens is 353 g/mol. The van der Waals surface area contributed by atoms with Gasteiger partial charge in [0.05, 0.1) is 5.69 Å². The first-order valence-electron chi connectivity index (χ1n) is 8.50. The van der Waals surface area contributed by atoms with Crippen LogP contribution in [0.2, 0.25) is 0 Å². The van der Waals surface area contributed by atoms with Crippen molar-refractivity contribution in [3.05, 3.63) is 77.7 Å². The molecule has 0 spiro atoms. The highest BCUT2D eigenvalue weighted by Gasteiger charge is 2.17. The molecule has 0 fully saturated rings. The van der Waals surface area contributed by atoms with Gasteiger partial charge in [0, 0.05) is 18.8 Å². The van der Waals surface area contributed by atoms with Crippen LogP contribution in [0.4, 0.5) is 30.6 Å². The van der Waals surface area contributed by atoms with E-state index in [2.05, 4.69) is 15.3 Å². The molecule has 0 saturated heterocycles. The minimum absolute atomic E-state index is 0.112. The molecule has 0 aliphatic carbocycles. The van der Waals surface area contributed by atoms with Gasteiger partial charge in [0.2, 0.25) is 5.95 Å². The molecule has 2 aromatic carbocycles. The number of rotatable bonds is 6. The maximum absolute atomic E-state index is 13.9. The van der Waals surface area contributed by atoms with Crippen molar-refractivity contribution >= 4 is 17.5 Å². The maximum atomic E-state index is 13.9. The van der Waals surface area contributed by atoms with Crippen LogP contribution in [-0.2, 0) is 6.54 Å². The Hall–Kier alpha value is -3.09. The van der Waals surface area contributed by atoms with Crippen molar-refractivity contribution in [2.24, 2.45) is 0 Å². The van der Waals surface area contributed by atoms with Crippen LogP contribution < -0.4 is 10.2 Å². The number of aromatic nitrogens is 2. The molecule has 1 aromatic heterocycles. The van der Waals surface area contributed by atoms with Gasteiger partial charge < -0.3 is 10.2 Å². The Bertz CT molecular complexity index is 916. The van der Waals surface area contributed by atoms with Gasteiger partial charge in [-0.15, -0.1) is 0 Å². The van der Waals surface area contributed by atoms with E-state index in [0.29, 0.717) is 12.5 Å². The Balaban J connectivity index is 1.86. The largest absolute Gasteiger partial charge is 0.338 e. The fourth-order valence-corrected chi connectivity index (χ4v) is 2.58. The highest BCUT2D eigenvalue weighted by Crippen LogP contribution is 2.24. The van der Waals surface area contributed by atoms with Crippen molar-refractivity contribution < 1.29 is 13.2 Å². The van der Waals surface area contributed by atoms with Crippen molar-refractivity contribution in [2.75, 3.05) is 10.2 Å². The molecule has 0 amide bonds. The number of nitrogens with one attached hydrogen (secondary N) is 1. The van der Waals surface area contributed by atoms with Crippen LogP contribution in [-0.4, -0.2) is 16.0 Å². The zero-order valence-corrected chi connectivity index (χ0v) is 15.0. The lowest BCUT2D eigenvalue weighted by molar-refractivity contribution is 0.449. The SMILES string of the molecule is CC(C)N(Cc1ccccc1)c1nccc(Nc2ccc(F)c(F)c2F)n1. The van der Waals surface area contributed by atoms with Crippen LogP contribution in [0.3, 0.4) is 0 Å². The molecule has 0 bridgehead atoms. The molecule has 0 radical (unpaired) electrons. The van der Waals surface area contributed by atoms with Gasteiger partial charge in [-0.25, -0.2) is 18.2 Å². The summed E-state index contributed by atoms with van der Waals surface area (Å²) >= 11 is 0. The van der Waals surface area contributed by atoms with Gasteiger partial charge in [-0.05, 0) is 37.6 Å². The molecule has 3 rings (SSSR count). The van der Waals surface area contributed by atoms with E-state index in [-0.39, 0.29) is 17.5 Å². The fourth-order valence-electron chi connectivity index (χ4n) is 2.58. The quantitative estimate of drug-likeness (QED) is 0.615. The number of benzene rings is 2. The van der Waals surface area contributed by atoms with Gasteiger partial charge in [-0.2, -0.15) is 4.98 Å².